The highest BCUT2D eigenvalue weighted by Gasteiger charge is 2.21. The summed E-state index contributed by atoms with van der Waals surface area (Å²) >= 11 is 0. The molecule has 1 unspecified atom stereocenters. The van der Waals surface area contributed by atoms with Crippen LogP contribution >= 0.6 is 0 Å². The molecule has 1 rings (SSSR count). The molecular weight excluding hydrogens is 794 g/mol. The van der Waals surface area contributed by atoms with E-state index in [9.17, 15) is 17.4 Å². The molecule has 9 nitrogen and oxygen atoms in total. The molecule has 0 aliphatic heterocycles. The minimum absolute atomic E-state index is 0.0413. The molecule has 1 aromatic rings. The molecule has 0 spiro atoms. The number of ether oxygens (including phenoxy) is 6. The fourth-order valence-corrected chi connectivity index (χ4v) is 5.67. The molecule has 13 heteroatoms. The van der Waals surface area contributed by atoms with Crippen LogP contribution in [0.4, 0.5) is 13.2 Å². The minimum atomic E-state index is -2.75. The van der Waals surface area contributed by atoms with Crippen molar-refractivity contribution in [2.45, 2.75) is 212 Å². The maximum atomic E-state index is 12.2. The number of aromatic nitrogens is 2. The van der Waals surface area contributed by atoms with Crippen molar-refractivity contribution in [1.29, 1.82) is 0 Å². The molecular formula is C47H99F3N2O7S. The van der Waals surface area contributed by atoms with Crippen molar-refractivity contribution in [3.8, 4) is 0 Å². The van der Waals surface area contributed by atoms with E-state index >= 15 is 0 Å². The zero-order chi connectivity index (χ0) is 48.9. The predicted molar refractivity (Wildman–Crippen MR) is 254 cm³/mol. The first-order valence-corrected chi connectivity index (χ1v) is 23.8. The van der Waals surface area contributed by atoms with Gasteiger partial charge in [-0.3, -0.25) is 13.3 Å². The maximum Gasteiger partial charge on any atom is 0.268 e. The second kappa shape index (κ2) is 32.4. The molecule has 1 atom stereocenters. The minimum Gasteiger partial charge on any atom is -0.376 e. The molecule has 0 fully saturated rings. The van der Waals surface area contributed by atoms with Crippen LogP contribution in [-0.4, -0.2) is 119 Å². The van der Waals surface area contributed by atoms with Gasteiger partial charge < -0.3 is 28.4 Å². The Kier molecular flexibility index (Phi) is 36.7. The third-order valence-electron chi connectivity index (χ3n) is 5.89. The van der Waals surface area contributed by atoms with Gasteiger partial charge in [-0.25, -0.2) is 8.78 Å². The summed E-state index contributed by atoms with van der Waals surface area (Å²) in [5, 5.41) is 4.30. The van der Waals surface area contributed by atoms with E-state index in [1.807, 2.05) is 100 Å². The Balaban J connectivity index is -0.000000203. The Morgan fingerprint density at radius 2 is 1.10 bits per heavy atom. The average Bonchev–Trinajstić information content (AvgIpc) is 3.42. The van der Waals surface area contributed by atoms with E-state index in [1.165, 1.54) is 0 Å². The molecule has 0 saturated carbocycles. The van der Waals surface area contributed by atoms with Gasteiger partial charge in [0.25, 0.3) is 5.92 Å². The molecule has 60 heavy (non-hydrogen) atoms. The zero-order valence-corrected chi connectivity index (χ0v) is 44.3. The quantitative estimate of drug-likeness (QED) is 0.127. The number of alkyl halides is 3. The maximum absolute atomic E-state index is 12.2. The van der Waals surface area contributed by atoms with Crippen molar-refractivity contribution in [3.05, 3.63) is 18.0 Å². The van der Waals surface area contributed by atoms with E-state index in [2.05, 4.69) is 80.2 Å². The zero-order valence-electron chi connectivity index (χ0n) is 43.5. The fraction of sp³-hybridized carbons (Fsp3) is 0.915. The summed E-state index contributed by atoms with van der Waals surface area (Å²) in [7, 11) is -1.78. The summed E-state index contributed by atoms with van der Waals surface area (Å²) in [5.74, 6) is 1.54. The van der Waals surface area contributed by atoms with Gasteiger partial charge in [-0.2, -0.15) is 5.10 Å². The lowest BCUT2D eigenvalue weighted by atomic mass is 10.0. The lowest BCUT2D eigenvalue weighted by molar-refractivity contribution is -0.0871. The molecule has 0 saturated heterocycles. The van der Waals surface area contributed by atoms with Gasteiger partial charge in [-0.1, -0.05) is 27.7 Å². The van der Waals surface area contributed by atoms with Crippen molar-refractivity contribution in [3.63, 3.8) is 0 Å². The summed E-state index contributed by atoms with van der Waals surface area (Å²) in [5.41, 5.74) is 1.00. The highest BCUT2D eigenvalue weighted by Crippen LogP contribution is 2.15. The second-order valence-electron chi connectivity index (χ2n) is 21.4. The molecule has 0 aliphatic rings. The van der Waals surface area contributed by atoms with E-state index < -0.39 is 22.1 Å². The van der Waals surface area contributed by atoms with E-state index in [-0.39, 0.29) is 46.6 Å². The molecule has 0 aliphatic carbocycles. The van der Waals surface area contributed by atoms with Crippen molar-refractivity contribution in [2.75, 3.05) is 64.9 Å². The molecule has 1 heterocycles. The average molecular weight is 893 g/mol. The van der Waals surface area contributed by atoms with Gasteiger partial charge in [0.1, 0.15) is 6.61 Å². The van der Waals surface area contributed by atoms with Crippen LogP contribution in [0.3, 0.4) is 0 Å². The lowest BCUT2D eigenvalue weighted by Crippen LogP contribution is -2.24. The van der Waals surface area contributed by atoms with Crippen LogP contribution in [0.2, 0.25) is 0 Å². The Labute approximate surface area is 370 Å². The fourth-order valence-electron chi connectivity index (χ4n) is 3.84. The molecule has 0 bridgehead atoms. The van der Waals surface area contributed by atoms with Crippen molar-refractivity contribution in [2.24, 2.45) is 5.41 Å². The van der Waals surface area contributed by atoms with Crippen LogP contribution in [0.5, 0.6) is 0 Å². The molecule has 366 valence electrons. The monoisotopic (exact) mass is 893 g/mol. The lowest BCUT2D eigenvalue weighted by Gasteiger charge is -2.19. The smallest absolute Gasteiger partial charge is 0.268 e. The highest BCUT2D eigenvalue weighted by molar-refractivity contribution is 7.99. The summed E-state index contributed by atoms with van der Waals surface area (Å²) in [4.78, 5) is 0. The Morgan fingerprint density at radius 1 is 0.700 bits per heavy atom. The van der Waals surface area contributed by atoms with Gasteiger partial charge in [0, 0.05) is 38.3 Å². The second-order valence-corrected chi connectivity index (χ2v) is 24.0. The first-order chi connectivity index (χ1) is 26.5. The Bertz CT molecular complexity index is 1210. The molecule has 1 aromatic heterocycles. The normalized spacial score (nSPS) is 13.5. The summed E-state index contributed by atoms with van der Waals surface area (Å²) < 4.78 is 80.4. The number of halogens is 3. The highest BCUT2D eigenvalue weighted by atomic mass is 32.2. The summed E-state index contributed by atoms with van der Waals surface area (Å²) in [6.45, 7) is 48.1. The van der Waals surface area contributed by atoms with Gasteiger partial charge in [0.05, 0.1) is 72.8 Å². The van der Waals surface area contributed by atoms with E-state index in [0.717, 1.165) is 25.6 Å². The van der Waals surface area contributed by atoms with E-state index in [0.29, 0.717) is 44.7 Å². The first kappa shape index (κ1) is 67.8. The van der Waals surface area contributed by atoms with Gasteiger partial charge in [-0.15, -0.1) is 0 Å². The van der Waals surface area contributed by atoms with E-state index in [4.69, 9.17) is 28.4 Å². The number of hydrogen-bond donors (Lipinski definition) is 0. The van der Waals surface area contributed by atoms with Gasteiger partial charge >= 0.3 is 0 Å². The van der Waals surface area contributed by atoms with Crippen LogP contribution in [0.25, 0.3) is 0 Å². The Morgan fingerprint density at radius 3 is 1.33 bits per heavy atom. The predicted octanol–water partition coefficient (Wildman–Crippen LogP) is 12.4. The van der Waals surface area contributed by atoms with Crippen molar-refractivity contribution >= 4 is 15.4 Å². The van der Waals surface area contributed by atoms with Crippen molar-refractivity contribution in [1.82, 2.24) is 9.78 Å². The number of hydrogen-bond acceptors (Lipinski definition) is 8. The molecule has 0 N–H and O–H groups in total. The SMILES string of the molecule is C=S(C)(=O)CC(C)(C)C.CC(C)(C)OCCCF.CC(C)OCCOC(C)(C)C.CC(F)(F)COCCOC(C)(C)C.CCCOC(C)(C)C.Cc1ccn(C(C)(C)C)n1. The third kappa shape index (κ3) is 74.2. The molecule has 0 aromatic carbocycles. The van der Waals surface area contributed by atoms with Crippen LogP contribution in [0.15, 0.2) is 12.3 Å². The van der Waals surface area contributed by atoms with Crippen molar-refractivity contribution < 1.29 is 45.8 Å². The molecule has 0 radical (unpaired) electrons. The molecule has 0 amide bonds. The summed E-state index contributed by atoms with van der Waals surface area (Å²) in [6.07, 6.45) is 5.64. The van der Waals surface area contributed by atoms with Crippen LogP contribution in [-0.2, 0) is 43.5 Å². The van der Waals surface area contributed by atoms with Gasteiger partial charge in [0.2, 0.25) is 0 Å². The van der Waals surface area contributed by atoms with Crippen LogP contribution < -0.4 is 0 Å². The van der Waals surface area contributed by atoms with Gasteiger partial charge in [-0.05, 0) is 164 Å². The van der Waals surface area contributed by atoms with E-state index in [1.54, 1.807) is 6.26 Å². The topological polar surface area (TPSA) is 90.3 Å². The summed E-state index contributed by atoms with van der Waals surface area (Å²) in [6, 6.07) is 2.02. The van der Waals surface area contributed by atoms with Crippen LogP contribution in [0, 0.1) is 12.3 Å². The first-order valence-electron chi connectivity index (χ1n) is 21.5. The number of nitrogens with zero attached hydrogens (tertiary/aromatic N) is 2. The third-order valence-corrected chi connectivity index (χ3v) is 7.36. The number of rotatable bonds is 15. The van der Waals surface area contributed by atoms with Crippen LogP contribution in [0.1, 0.15) is 171 Å². The van der Waals surface area contributed by atoms with Gasteiger partial charge in [0.15, 0.2) is 0 Å². The number of aryl methyl sites for hydroxylation is 1. The Hall–Kier alpha value is -1.22. The largest absolute Gasteiger partial charge is 0.376 e. The standard InChI is InChI=1S/C9H18F2O2.C9H20O2.C8H14N2.C7H15FO.C7H16OS.C7H16O/c1-8(2,3)13-6-5-12-7-9(4,10)11;1-8(2)10-6-7-11-9(3,4)5;1-7-5-6-10(9-7)8(2,3)4;1-7(2,3)9-6-4-5-8;1-7(2,3)6-9(4,5)8;1-5-6-8-7(2,3)4/h5-7H2,1-4H3;8H,6-7H2,1-5H3;5-6H,1-4H3;4-6H2,1-3H3;4,6H2,1-3,5H3;5-6H2,1-4H3.